The van der Waals surface area contributed by atoms with E-state index in [1.165, 1.54) is 6.07 Å². The second-order valence-corrected chi connectivity index (χ2v) is 5.88. The number of hydrogen-bond acceptors (Lipinski definition) is 4. The summed E-state index contributed by atoms with van der Waals surface area (Å²) >= 11 is 0. The molecular formula is C10H13F3N4O2S. The predicted molar refractivity (Wildman–Crippen MR) is 66.1 cm³/mol. The van der Waals surface area contributed by atoms with E-state index >= 15 is 0 Å². The molecule has 0 amide bonds. The third-order valence-corrected chi connectivity index (χ3v) is 4.08. The Morgan fingerprint density at radius 3 is 2.15 bits per heavy atom. The van der Waals surface area contributed by atoms with Crippen molar-refractivity contribution in [3.63, 3.8) is 0 Å². The molecule has 10 heteroatoms. The minimum Gasteiger partial charge on any atom is -0.354 e. The number of halogens is 3. The summed E-state index contributed by atoms with van der Waals surface area (Å²) in [5, 5.41) is 5.00. The van der Waals surface area contributed by atoms with Crippen LogP contribution in [0.3, 0.4) is 0 Å². The van der Waals surface area contributed by atoms with Crippen LogP contribution >= 0.6 is 0 Å². The Morgan fingerprint density at radius 2 is 1.75 bits per heavy atom. The van der Waals surface area contributed by atoms with Crippen LogP contribution in [0.15, 0.2) is 18.3 Å². The number of piperazine rings is 1. The summed E-state index contributed by atoms with van der Waals surface area (Å²) in [6.45, 7) is 1.02. The van der Waals surface area contributed by atoms with Gasteiger partial charge in [0.1, 0.15) is 5.82 Å². The van der Waals surface area contributed by atoms with Crippen LogP contribution in [0.1, 0.15) is 5.56 Å². The van der Waals surface area contributed by atoms with E-state index in [-0.39, 0.29) is 13.1 Å². The van der Waals surface area contributed by atoms with Crippen LogP contribution in [0.4, 0.5) is 19.0 Å². The van der Waals surface area contributed by atoms with Crippen molar-refractivity contribution in [1.29, 1.82) is 0 Å². The number of anilines is 1. The topological polar surface area (TPSA) is 79.5 Å². The van der Waals surface area contributed by atoms with E-state index in [1.807, 2.05) is 0 Å². The van der Waals surface area contributed by atoms with Crippen molar-refractivity contribution in [2.75, 3.05) is 31.1 Å². The van der Waals surface area contributed by atoms with Gasteiger partial charge >= 0.3 is 6.18 Å². The molecule has 1 aromatic heterocycles. The highest BCUT2D eigenvalue weighted by atomic mass is 32.2. The smallest absolute Gasteiger partial charge is 0.354 e. The van der Waals surface area contributed by atoms with E-state index < -0.39 is 21.9 Å². The zero-order valence-corrected chi connectivity index (χ0v) is 11.2. The fraction of sp³-hybridized carbons (Fsp3) is 0.500. The lowest BCUT2D eigenvalue weighted by molar-refractivity contribution is -0.137. The third-order valence-electron chi connectivity index (χ3n) is 3.00. The van der Waals surface area contributed by atoms with Gasteiger partial charge in [0.25, 0.3) is 10.2 Å². The molecule has 1 aliphatic heterocycles. The fourth-order valence-electron chi connectivity index (χ4n) is 1.91. The summed E-state index contributed by atoms with van der Waals surface area (Å²) < 4.78 is 60.6. The van der Waals surface area contributed by atoms with Gasteiger partial charge in [-0.25, -0.2) is 10.1 Å². The monoisotopic (exact) mass is 310 g/mol. The molecule has 2 N–H and O–H groups in total. The van der Waals surface area contributed by atoms with Crippen LogP contribution in [-0.4, -0.2) is 43.9 Å². The van der Waals surface area contributed by atoms with Crippen LogP contribution < -0.4 is 10.0 Å². The van der Waals surface area contributed by atoms with Gasteiger partial charge in [0.15, 0.2) is 0 Å². The number of rotatable bonds is 2. The zero-order chi connectivity index (χ0) is 15.0. The maximum Gasteiger partial charge on any atom is 0.417 e. The van der Waals surface area contributed by atoms with Crippen LogP contribution in [0, 0.1) is 0 Å². The second-order valence-electron chi connectivity index (χ2n) is 4.33. The summed E-state index contributed by atoms with van der Waals surface area (Å²) in [5.74, 6) is 0.382. The van der Waals surface area contributed by atoms with E-state index in [1.54, 1.807) is 4.90 Å². The number of hydrogen-bond donors (Lipinski definition) is 1. The van der Waals surface area contributed by atoms with Crippen molar-refractivity contribution in [2.24, 2.45) is 5.14 Å². The maximum absolute atomic E-state index is 12.4. The summed E-state index contributed by atoms with van der Waals surface area (Å²) in [5.41, 5.74) is -0.815. The molecule has 0 unspecified atom stereocenters. The molecular weight excluding hydrogens is 297 g/mol. The molecule has 0 bridgehead atoms. The van der Waals surface area contributed by atoms with Crippen molar-refractivity contribution in [1.82, 2.24) is 9.29 Å². The van der Waals surface area contributed by atoms with Gasteiger partial charge in [-0.05, 0) is 12.1 Å². The van der Waals surface area contributed by atoms with E-state index in [2.05, 4.69) is 4.98 Å². The molecule has 1 aliphatic rings. The lowest BCUT2D eigenvalue weighted by Gasteiger charge is -2.33. The lowest BCUT2D eigenvalue weighted by Crippen LogP contribution is -2.50. The van der Waals surface area contributed by atoms with Gasteiger partial charge in [0.2, 0.25) is 0 Å². The summed E-state index contributed by atoms with van der Waals surface area (Å²) in [6.07, 6.45) is -3.65. The van der Waals surface area contributed by atoms with Crippen molar-refractivity contribution in [2.45, 2.75) is 6.18 Å². The molecule has 20 heavy (non-hydrogen) atoms. The summed E-state index contributed by atoms with van der Waals surface area (Å²) in [7, 11) is -3.72. The van der Waals surface area contributed by atoms with Crippen LogP contribution in [0.25, 0.3) is 0 Å². The average molecular weight is 310 g/mol. The maximum atomic E-state index is 12.4. The normalized spacial score (nSPS) is 18.3. The highest BCUT2D eigenvalue weighted by Crippen LogP contribution is 2.29. The molecule has 0 aromatic carbocycles. The number of alkyl halides is 3. The molecule has 0 saturated carbocycles. The average Bonchev–Trinajstić information content (AvgIpc) is 2.37. The standard InChI is InChI=1S/C10H13F3N4O2S/c11-10(12,13)8-1-2-9(15-7-8)16-3-5-17(6-4-16)20(14,18)19/h1-2,7H,3-6H2,(H2,14,18,19). The van der Waals surface area contributed by atoms with Gasteiger partial charge in [-0.3, -0.25) is 0 Å². The highest BCUT2D eigenvalue weighted by molar-refractivity contribution is 7.86. The predicted octanol–water partition coefficient (Wildman–Crippen LogP) is 0.426. The minimum atomic E-state index is -4.42. The Hall–Kier alpha value is -1.39. The van der Waals surface area contributed by atoms with Crippen LogP contribution in [0.2, 0.25) is 0 Å². The van der Waals surface area contributed by atoms with Gasteiger partial charge in [0, 0.05) is 32.4 Å². The van der Waals surface area contributed by atoms with Gasteiger partial charge < -0.3 is 4.90 Å². The van der Waals surface area contributed by atoms with Gasteiger partial charge in [0.05, 0.1) is 5.56 Å². The van der Waals surface area contributed by atoms with E-state index in [0.717, 1.165) is 16.6 Å². The summed E-state index contributed by atoms with van der Waals surface area (Å²) in [6, 6.07) is 2.23. The third kappa shape index (κ3) is 3.38. The molecule has 1 saturated heterocycles. The molecule has 2 rings (SSSR count). The molecule has 1 aromatic rings. The Balaban J connectivity index is 2.04. The first-order valence-electron chi connectivity index (χ1n) is 5.74. The van der Waals surface area contributed by atoms with Crippen molar-refractivity contribution < 1.29 is 21.6 Å². The Kier molecular flexibility index (Phi) is 3.89. The van der Waals surface area contributed by atoms with Crippen LogP contribution in [-0.2, 0) is 16.4 Å². The zero-order valence-electron chi connectivity index (χ0n) is 10.3. The first-order valence-corrected chi connectivity index (χ1v) is 7.24. The van der Waals surface area contributed by atoms with Crippen molar-refractivity contribution in [3.8, 4) is 0 Å². The second kappa shape index (κ2) is 5.19. The molecule has 0 atom stereocenters. The molecule has 2 heterocycles. The summed E-state index contributed by atoms with van der Waals surface area (Å²) in [4.78, 5) is 5.47. The highest BCUT2D eigenvalue weighted by Gasteiger charge is 2.31. The molecule has 0 spiro atoms. The Morgan fingerprint density at radius 1 is 1.15 bits per heavy atom. The first-order chi connectivity index (χ1) is 9.18. The van der Waals surface area contributed by atoms with E-state index in [4.69, 9.17) is 5.14 Å². The van der Waals surface area contributed by atoms with Gasteiger partial charge in [-0.15, -0.1) is 0 Å². The number of pyridine rings is 1. The number of nitrogens with two attached hydrogens (primary N) is 1. The fourth-order valence-corrected chi connectivity index (χ4v) is 2.58. The minimum absolute atomic E-state index is 0.182. The molecule has 112 valence electrons. The molecule has 1 fully saturated rings. The molecule has 6 nitrogen and oxygen atoms in total. The number of nitrogens with zero attached hydrogens (tertiary/aromatic N) is 3. The van der Waals surface area contributed by atoms with Crippen molar-refractivity contribution in [3.05, 3.63) is 23.9 Å². The van der Waals surface area contributed by atoms with E-state index in [0.29, 0.717) is 18.9 Å². The Labute approximate surface area is 114 Å². The molecule has 0 aliphatic carbocycles. The Bertz CT molecular complexity index is 565. The quantitative estimate of drug-likeness (QED) is 0.859. The van der Waals surface area contributed by atoms with Crippen molar-refractivity contribution >= 4 is 16.0 Å². The lowest BCUT2D eigenvalue weighted by atomic mass is 10.2. The van der Waals surface area contributed by atoms with Gasteiger partial charge in [-0.2, -0.15) is 25.9 Å². The van der Waals surface area contributed by atoms with Gasteiger partial charge in [-0.1, -0.05) is 0 Å². The molecule has 0 radical (unpaired) electrons. The van der Waals surface area contributed by atoms with Crippen LogP contribution in [0.5, 0.6) is 0 Å². The number of aromatic nitrogens is 1. The largest absolute Gasteiger partial charge is 0.417 e. The SMILES string of the molecule is NS(=O)(=O)N1CCN(c2ccc(C(F)(F)F)cn2)CC1. The van der Waals surface area contributed by atoms with E-state index in [9.17, 15) is 21.6 Å². The first kappa shape index (κ1) is 15.0.